The normalized spacial score (nSPS) is 18.4. The molecule has 0 radical (unpaired) electrons. The lowest BCUT2D eigenvalue weighted by Crippen LogP contribution is -2.32. The van der Waals surface area contributed by atoms with E-state index in [0.717, 1.165) is 79.3 Å². The second kappa shape index (κ2) is 21.2. The Bertz CT molecular complexity index is 2860. The van der Waals surface area contributed by atoms with Crippen molar-refractivity contribution in [1.29, 1.82) is 5.26 Å². The average molecular weight is 977 g/mol. The molecule has 2 N–H and O–H groups in total. The molecule has 2 aromatic heterocycles. The third-order valence-electron chi connectivity index (χ3n) is 15.9. The number of carbonyl (C=O) groups excluding carboxylic acids is 1. The van der Waals surface area contributed by atoms with Crippen LogP contribution < -0.4 is 4.90 Å². The number of para-hydroxylation sites is 1. The van der Waals surface area contributed by atoms with E-state index < -0.39 is 11.4 Å². The van der Waals surface area contributed by atoms with Crippen molar-refractivity contribution in [3.63, 3.8) is 0 Å². The van der Waals surface area contributed by atoms with E-state index in [-0.39, 0.29) is 27.9 Å². The number of carboxylic acids is 1. The highest BCUT2D eigenvalue weighted by Gasteiger charge is 2.49. The van der Waals surface area contributed by atoms with Gasteiger partial charge in [0, 0.05) is 72.4 Å². The summed E-state index contributed by atoms with van der Waals surface area (Å²) >= 11 is 3.46. The molecular weight excluding hydrogens is 903 g/mol. The van der Waals surface area contributed by atoms with Crippen LogP contribution in [0.2, 0.25) is 0 Å². The quantitative estimate of drug-likeness (QED) is 0.0332. The minimum absolute atomic E-state index is 0.0687. The molecule has 0 atom stereocenters. The van der Waals surface area contributed by atoms with Gasteiger partial charge in [-0.2, -0.15) is 9.84 Å². The van der Waals surface area contributed by atoms with Gasteiger partial charge >= 0.3 is 5.97 Å². The molecule has 368 valence electrons. The van der Waals surface area contributed by atoms with Gasteiger partial charge in [0.25, 0.3) is 0 Å². The van der Waals surface area contributed by atoms with Crippen molar-refractivity contribution in [2.75, 3.05) is 18.0 Å². The number of aliphatic hydroxyl groups excluding tert-OH is 1. The highest BCUT2D eigenvalue weighted by molar-refractivity contribution is 7.24. The first-order valence-electron chi connectivity index (χ1n) is 26.4. The van der Waals surface area contributed by atoms with Gasteiger partial charge < -0.3 is 15.1 Å². The third-order valence-corrected chi connectivity index (χ3v) is 18.3. The number of rotatable bonds is 23. The number of carbonyl (C=O) groups is 2. The zero-order valence-corrected chi connectivity index (χ0v) is 44.7. The topological polar surface area (TPSA) is 105 Å². The molecule has 4 aliphatic rings. The number of hydrogen-bond donors (Lipinski definition) is 2. The van der Waals surface area contributed by atoms with E-state index >= 15 is 0 Å². The molecule has 9 heteroatoms. The van der Waals surface area contributed by atoms with Crippen molar-refractivity contribution < 1.29 is 24.4 Å². The molecular formula is C61H74N3O4S2+. The number of nitriles is 1. The SMILES string of the molecule is CCCCCCCC[N+]1=C(/C=C2\C(=O)C(/C=C3/N(CC)c4ccccc4C3(C)C)=C2O)C(C)(C)c2cc(-c3cc4c(s3)-c3sc(/C=C(\C#N)C(=O)O)cc3C4(CCCCCC)CCCCCC)ccc21. The Balaban J connectivity index is 1.18. The predicted octanol–water partition coefficient (Wildman–Crippen LogP) is 16.4. The minimum Gasteiger partial charge on any atom is -0.506 e. The monoisotopic (exact) mass is 977 g/mol. The first-order valence-corrected chi connectivity index (χ1v) is 28.0. The summed E-state index contributed by atoms with van der Waals surface area (Å²) in [5, 5.41) is 31.3. The largest absolute Gasteiger partial charge is 0.506 e. The van der Waals surface area contributed by atoms with Crippen molar-refractivity contribution in [3.05, 3.63) is 122 Å². The Morgan fingerprint density at radius 2 is 1.37 bits per heavy atom. The molecule has 2 aliphatic heterocycles. The number of benzene rings is 2. The number of likely N-dealkylation sites (N-methyl/N-ethyl adjacent to an activating group) is 1. The molecule has 70 heavy (non-hydrogen) atoms. The summed E-state index contributed by atoms with van der Waals surface area (Å²) in [5.41, 5.74) is 10.2. The smallest absolute Gasteiger partial charge is 0.346 e. The minimum atomic E-state index is -1.20. The highest BCUT2D eigenvalue weighted by atomic mass is 32.1. The van der Waals surface area contributed by atoms with Crippen LogP contribution in [0.25, 0.3) is 26.3 Å². The number of thiophene rings is 2. The predicted molar refractivity (Wildman–Crippen MR) is 292 cm³/mol. The Labute approximate surface area is 425 Å². The van der Waals surface area contributed by atoms with Crippen LogP contribution in [0.5, 0.6) is 0 Å². The van der Waals surface area contributed by atoms with Gasteiger partial charge in [0.05, 0.1) is 16.6 Å². The zero-order chi connectivity index (χ0) is 50.0. The molecule has 4 heterocycles. The van der Waals surface area contributed by atoms with E-state index in [9.17, 15) is 25.1 Å². The summed E-state index contributed by atoms with van der Waals surface area (Å²) in [5.74, 6) is -1.25. The van der Waals surface area contributed by atoms with Crippen molar-refractivity contribution in [3.8, 4) is 26.3 Å². The van der Waals surface area contributed by atoms with Gasteiger partial charge in [0.1, 0.15) is 23.9 Å². The lowest BCUT2D eigenvalue weighted by Gasteiger charge is -2.31. The van der Waals surface area contributed by atoms with Crippen molar-refractivity contribution in [2.24, 2.45) is 0 Å². The zero-order valence-electron chi connectivity index (χ0n) is 43.0. The molecule has 0 saturated heterocycles. The number of ketones is 1. The summed E-state index contributed by atoms with van der Waals surface area (Å²) in [6, 6.07) is 21.9. The summed E-state index contributed by atoms with van der Waals surface area (Å²) in [7, 11) is 0. The summed E-state index contributed by atoms with van der Waals surface area (Å²) in [6.07, 6.45) is 24.0. The molecule has 0 fully saturated rings. The van der Waals surface area contributed by atoms with Crippen LogP contribution in [0.3, 0.4) is 0 Å². The van der Waals surface area contributed by atoms with Gasteiger partial charge in [-0.05, 0) is 105 Å². The second-order valence-electron chi connectivity index (χ2n) is 21.2. The Hall–Kier alpha value is -5.30. The Morgan fingerprint density at radius 3 is 2.01 bits per heavy atom. The number of unbranched alkanes of at least 4 members (excludes halogenated alkanes) is 11. The summed E-state index contributed by atoms with van der Waals surface area (Å²) in [4.78, 5) is 33.1. The fourth-order valence-corrected chi connectivity index (χ4v) is 14.5. The molecule has 2 aromatic carbocycles. The van der Waals surface area contributed by atoms with Gasteiger partial charge in [-0.25, -0.2) is 4.79 Å². The molecule has 2 aliphatic carbocycles. The maximum Gasteiger partial charge on any atom is 0.346 e. The molecule has 8 rings (SSSR count). The number of aliphatic carboxylic acids is 1. The Morgan fingerprint density at radius 1 is 0.743 bits per heavy atom. The summed E-state index contributed by atoms with van der Waals surface area (Å²) in [6.45, 7) is 19.4. The van der Waals surface area contributed by atoms with E-state index in [1.54, 1.807) is 17.4 Å². The second-order valence-corrected chi connectivity index (χ2v) is 23.3. The number of aliphatic hydroxyl groups is 1. The van der Waals surface area contributed by atoms with E-state index in [1.165, 1.54) is 107 Å². The van der Waals surface area contributed by atoms with Crippen LogP contribution in [0, 0.1) is 11.3 Å². The van der Waals surface area contributed by atoms with Crippen LogP contribution in [0.15, 0.2) is 94.9 Å². The van der Waals surface area contributed by atoms with E-state index in [4.69, 9.17) is 0 Å². The van der Waals surface area contributed by atoms with Crippen LogP contribution >= 0.6 is 22.7 Å². The molecule has 0 unspecified atom stereocenters. The van der Waals surface area contributed by atoms with Gasteiger partial charge in [-0.15, -0.1) is 22.7 Å². The third kappa shape index (κ3) is 9.24. The average Bonchev–Trinajstić information content (AvgIpc) is 4.12. The standard InChI is InChI=1S/C61H73N3O4S2/c1-9-13-16-19-20-25-32-64-50-29-28-40(34-46(50)60(7,8)53(64)37-44-54(65)43(55(44)66)36-52-59(5,6)45-26-21-22-27-49(45)63(52)12-4)51-38-48-57(70-51)56-47(35-42(69-56)33-41(39-62)58(67)68)61(48,30-23-17-14-10-2)31-24-18-15-11-3/h21-22,26-29,33-38H,9-20,23-25,30-32H2,1-8H3,(H-,65,66,67,68)/p+1/b41-33+. The van der Waals surface area contributed by atoms with Gasteiger partial charge in [0.15, 0.2) is 5.71 Å². The van der Waals surface area contributed by atoms with Gasteiger partial charge in [-0.3, -0.25) is 4.79 Å². The number of Topliss-reactive ketones (excluding diaryl/α,β-unsaturated/α-hetero) is 1. The van der Waals surface area contributed by atoms with Gasteiger partial charge in [0.2, 0.25) is 11.5 Å². The molecule has 0 amide bonds. The Kier molecular flexibility index (Phi) is 15.5. The molecule has 7 nitrogen and oxygen atoms in total. The van der Waals surface area contributed by atoms with Gasteiger partial charge in [-0.1, -0.05) is 130 Å². The van der Waals surface area contributed by atoms with E-state index in [1.807, 2.05) is 29.6 Å². The molecule has 4 aromatic rings. The van der Waals surface area contributed by atoms with Crippen LogP contribution in [0.4, 0.5) is 11.4 Å². The first-order chi connectivity index (χ1) is 33.7. The van der Waals surface area contributed by atoms with Crippen molar-refractivity contribution >= 4 is 57.6 Å². The number of fused-ring (bicyclic) bond motifs is 5. The number of allylic oxidation sites excluding steroid dienone is 5. The number of hydrogen-bond acceptors (Lipinski definition) is 7. The lowest BCUT2D eigenvalue weighted by molar-refractivity contribution is -0.438. The molecule has 0 bridgehead atoms. The molecule has 0 spiro atoms. The number of anilines is 1. The van der Waals surface area contributed by atoms with Crippen LogP contribution in [-0.4, -0.2) is 45.3 Å². The first kappa shape index (κ1) is 51.1. The van der Waals surface area contributed by atoms with Crippen molar-refractivity contribution in [2.45, 2.75) is 174 Å². The van der Waals surface area contributed by atoms with E-state index in [0.29, 0.717) is 11.1 Å². The number of nitrogens with zero attached hydrogens (tertiary/aromatic N) is 3. The maximum absolute atomic E-state index is 14.3. The van der Waals surface area contributed by atoms with E-state index in [2.05, 4.69) is 119 Å². The number of carboxylic acid groups (broad SMARTS) is 1. The molecule has 0 saturated carbocycles. The highest BCUT2D eigenvalue weighted by Crippen LogP contribution is 2.61. The lowest BCUT2D eigenvalue weighted by atomic mass is 9.71. The van der Waals surface area contributed by atoms with Crippen LogP contribution in [-0.2, 0) is 25.8 Å². The maximum atomic E-state index is 14.3. The fraction of sp³-hybridized carbons (Fsp3) is 0.475. The summed E-state index contributed by atoms with van der Waals surface area (Å²) < 4.78 is 2.42. The fourth-order valence-electron chi connectivity index (χ4n) is 11.9. The van der Waals surface area contributed by atoms with Crippen molar-refractivity contribution in [1.82, 2.24) is 0 Å². The van der Waals surface area contributed by atoms with Crippen LogP contribution in [0.1, 0.15) is 185 Å².